The first kappa shape index (κ1) is 26.8. The minimum absolute atomic E-state index is 0.223. The maximum absolute atomic E-state index is 13.0. The summed E-state index contributed by atoms with van der Waals surface area (Å²) in [5.74, 6) is 0.836. The fourth-order valence-corrected chi connectivity index (χ4v) is 5.56. The molecule has 0 saturated carbocycles. The van der Waals surface area contributed by atoms with Gasteiger partial charge in [0.2, 0.25) is 0 Å². The zero-order chi connectivity index (χ0) is 26.2. The third-order valence-electron chi connectivity index (χ3n) is 5.70. The van der Waals surface area contributed by atoms with Crippen LogP contribution in [-0.4, -0.2) is 29.2 Å². The number of benzene rings is 3. The van der Waals surface area contributed by atoms with Gasteiger partial charge in [0, 0.05) is 12.1 Å². The van der Waals surface area contributed by atoms with Gasteiger partial charge in [-0.25, -0.2) is 0 Å². The SMILES string of the molecule is CCOc1cc(/C=C2/SC(=O)N(CCCc3ccccc3)C2=O)cc(I)c1OCc1ccccc1C#N. The fraction of sp³-hybridized carbons (Fsp3) is 0.207. The van der Waals surface area contributed by atoms with Gasteiger partial charge in [-0.05, 0) is 89.5 Å². The van der Waals surface area contributed by atoms with Crippen LogP contribution in [0.5, 0.6) is 11.5 Å². The summed E-state index contributed by atoms with van der Waals surface area (Å²) in [5, 5.41) is 9.09. The number of rotatable bonds is 10. The van der Waals surface area contributed by atoms with E-state index < -0.39 is 0 Å². The predicted molar refractivity (Wildman–Crippen MR) is 153 cm³/mol. The quantitative estimate of drug-likeness (QED) is 0.182. The molecule has 0 aliphatic carbocycles. The van der Waals surface area contributed by atoms with Crippen LogP contribution in [0.3, 0.4) is 0 Å². The lowest BCUT2D eigenvalue weighted by molar-refractivity contribution is -0.122. The van der Waals surface area contributed by atoms with Crippen molar-refractivity contribution in [2.45, 2.75) is 26.4 Å². The standard InChI is InChI=1S/C29H25IN2O4S/c1-2-35-25-16-21(15-24(30)27(25)36-19-23-13-7-6-12-22(23)18-31)17-26-28(33)32(29(34)37-26)14-8-11-20-9-4-3-5-10-20/h3-7,9-10,12-13,15-17H,2,8,11,14,19H2,1H3/b26-17+. The molecule has 1 fully saturated rings. The zero-order valence-corrected chi connectivity index (χ0v) is 23.3. The van der Waals surface area contributed by atoms with Crippen molar-refractivity contribution < 1.29 is 19.1 Å². The van der Waals surface area contributed by atoms with Gasteiger partial charge >= 0.3 is 0 Å². The Morgan fingerprint density at radius 1 is 1.05 bits per heavy atom. The van der Waals surface area contributed by atoms with E-state index in [0.717, 1.165) is 32.9 Å². The molecule has 0 N–H and O–H groups in total. The highest BCUT2D eigenvalue weighted by Crippen LogP contribution is 2.38. The van der Waals surface area contributed by atoms with Crippen LogP contribution in [0, 0.1) is 14.9 Å². The lowest BCUT2D eigenvalue weighted by Crippen LogP contribution is -2.29. The number of hydrogen-bond donors (Lipinski definition) is 0. The van der Waals surface area contributed by atoms with Crippen LogP contribution in [0.25, 0.3) is 6.08 Å². The molecule has 37 heavy (non-hydrogen) atoms. The number of thioether (sulfide) groups is 1. The molecule has 0 unspecified atom stereocenters. The van der Waals surface area contributed by atoms with Gasteiger partial charge in [-0.2, -0.15) is 5.26 Å². The van der Waals surface area contributed by atoms with Gasteiger partial charge in [-0.15, -0.1) is 0 Å². The van der Waals surface area contributed by atoms with Crippen molar-refractivity contribution >= 4 is 51.6 Å². The molecule has 0 spiro atoms. The van der Waals surface area contributed by atoms with Gasteiger partial charge in [-0.1, -0.05) is 48.5 Å². The molecule has 3 aromatic rings. The van der Waals surface area contributed by atoms with E-state index >= 15 is 0 Å². The molecule has 4 rings (SSSR count). The second-order valence-electron chi connectivity index (χ2n) is 8.24. The minimum Gasteiger partial charge on any atom is -0.490 e. The molecule has 0 radical (unpaired) electrons. The molecule has 1 aliphatic heterocycles. The number of nitriles is 1. The van der Waals surface area contributed by atoms with Crippen LogP contribution in [0.2, 0.25) is 0 Å². The summed E-state index contributed by atoms with van der Waals surface area (Å²) in [7, 11) is 0. The van der Waals surface area contributed by atoms with Crippen LogP contribution < -0.4 is 9.47 Å². The molecule has 1 heterocycles. The van der Waals surface area contributed by atoms with Gasteiger partial charge in [-0.3, -0.25) is 14.5 Å². The van der Waals surface area contributed by atoms with Crippen LogP contribution in [0.4, 0.5) is 4.79 Å². The van der Waals surface area contributed by atoms with E-state index in [1.54, 1.807) is 18.2 Å². The van der Waals surface area contributed by atoms with E-state index in [0.29, 0.717) is 41.5 Å². The average Bonchev–Trinajstić information content (AvgIpc) is 3.16. The molecule has 0 atom stereocenters. The molecule has 0 aromatic heterocycles. The van der Waals surface area contributed by atoms with Crippen molar-refractivity contribution in [1.82, 2.24) is 4.90 Å². The van der Waals surface area contributed by atoms with Crippen LogP contribution in [-0.2, 0) is 17.8 Å². The molecule has 2 amide bonds. The number of hydrogen-bond acceptors (Lipinski definition) is 6. The summed E-state index contributed by atoms with van der Waals surface area (Å²) in [6, 6.07) is 23.2. The van der Waals surface area contributed by atoms with Crippen molar-refractivity contribution in [2.24, 2.45) is 0 Å². The summed E-state index contributed by atoms with van der Waals surface area (Å²) >= 11 is 3.12. The van der Waals surface area contributed by atoms with Gasteiger partial charge in [0.15, 0.2) is 11.5 Å². The Bertz CT molecular complexity index is 1370. The summed E-state index contributed by atoms with van der Waals surface area (Å²) in [4.78, 5) is 27.2. The van der Waals surface area contributed by atoms with E-state index in [1.165, 1.54) is 10.5 Å². The van der Waals surface area contributed by atoms with Crippen molar-refractivity contribution in [3.63, 3.8) is 0 Å². The van der Waals surface area contributed by atoms with E-state index in [2.05, 4.69) is 28.7 Å². The number of halogens is 1. The van der Waals surface area contributed by atoms with E-state index in [1.807, 2.05) is 61.5 Å². The smallest absolute Gasteiger partial charge is 0.293 e. The maximum atomic E-state index is 13.0. The van der Waals surface area contributed by atoms with Gasteiger partial charge < -0.3 is 9.47 Å². The molecule has 8 heteroatoms. The number of imide groups is 1. The minimum atomic E-state index is -0.274. The highest BCUT2D eigenvalue weighted by atomic mass is 127. The van der Waals surface area contributed by atoms with Gasteiger partial charge in [0.25, 0.3) is 11.1 Å². The number of aryl methyl sites for hydroxylation is 1. The predicted octanol–water partition coefficient (Wildman–Crippen LogP) is 6.81. The third kappa shape index (κ3) is 6.73. The summed E-state index contributed by atoms with van der Waals surface area (Å²) in [6.45, 7) is 2.92. The third-order valence-corrected chi connectivity index (χ3v) is 7.41. The summed E-state index contributed by atoms with van der Waals surface area (Å²) in [5.41, 5.74) is 3.27. The lowest BCUT2D eigenvalue weighted by Gasteiger charge is -2.15. The fourth-order valence-electron chi connectivity index (χ4n) is 3.91. The number of carbonyl (C=O) groups is 2. The van der Waals surface area contributed by atoms with Crippen molar-refractivity contribution in [3.05, 3.63) is 97.5 Å². The van der Waals surface area contributed by atoms with Crippen LogP contribution >= 0.6 is 34.4 Å². The first-order valence-electron chi connectivity index (χ1n) is 11.9. The summed E-state index contributed by atoms with van der Waals surface area (Å²) in [6.07, 6.45) is 3.24. The lowest BCUT2D eigenvalue weighted by atomic mass is 10.1. The van der Waals surface area contributed by atoms with Gasteiger partial charge in [0.1, 0.15) is 6.61 Å². The second kappa shape index (κ2) is 12.8. The molecule has 1 aliphatic rings. The molecule has 0 bridgehead atoms. The zero-order valence-electron chi connectivity index (χ0n) is 20.3. The monoisotopic (exact) mass is 624 g/mol. The second-order valence-corrected chi connectivity index (χ2v) is 10.4. The molecule has 1 saturated heterocycles. The molecule has 3 aromatic carbocycles. The first-order valence-corrected chi connectivity index (χ1v) is 13.8. The largest absolute Gasteiger partial charge is 0.490 e. The van der Waals surface area contributed by atoms with E-state index in [9.17, 15) is 14.9 Å². The van der Waals surface area contributed by atoms with Crippen molar-refractivity contribution in [3.8, 4) is 17.6 Å². The van der Waals surface area contributed by atoms with Crippen LogP contribution in [0.15, 0.2) is 71.6 Å². The Labute approximate surface area is 234 Å². The van der Waals surface area contributed by atoms with Gasteiger partial charge in [0.05, 0.1) is 26.7 Å². The van der Waals surface area contributed by atoms with Crippen molar-refractivity contribution in [1.29, 1.82) is 5.26 Å². The average molecular weight is 624 g/mol. The van der Waals surface area contributed by atoms with E-state index in [4.69, 9.17) is 9.47 Å². The number of carbonyl (C=O) groups excluding carboxylic acids is 2. The molecule has 6 nitrogen and oxygen atoms in total. The summed E-state index contributed by atoms with van der Waals surface area (Å²) < 4.78 is 12.7. The Morgan fingerprint density at radius 3 is 2.57 bits per heavy atom. The Kier molecular flexibility index (Phi) is 9.25. The number of nitrogens with zero attached hydrogens (tertiary/aromatic N) is 2. The number of ether oxygens (including phenoxy) is 2. The highest BCUT2D eigenvalue weighted by molar-refractivity contribution is 14.1. The topological polar surface area (TPSA) is 79.6 Å². The Balaban J connectivity index is 1.48. The molecular weight excluding hydrogens is 599 g/mol. The Morgan fingerprint density at radius 2 is 1.81 bits per heavy atom. The van der Waals surface area contributed by atoms with E-state index in [-0.39, 0.29) is 17.8 Å². The van der Waals surface area contributed by atoms with Crippen LogP contribution in [0.1, 0.15) is 35.6 Å². The Hall–Kier alpha value is -3.29. The highest BCUT2D eigenvalue weighted by Gasteiger charge is 2.34. The molecule has 188 valence electrons. The maximum Gasteiger partial charge on any atom is 0.293 e. The van der Waals surface area contributed by atoms with Crippen molar-refractivity contribution in [2.75, 3.05) is 13.2 Å². The first-order chi connectivity index (χ1) is 18.0. The number of amides is 2. The normalized spacial score (nSPS) is 14.2. The molecular formula is C29H25IN2O4S.